The van der Waals surface area contributed by atoms with Gasteiger partial charge in [-0.05, 0) is 48.9 Å². The molecule has 21 heavy (non-hydrogen) atoms. The molecule has 1 N–H and O–H groups in total. The molecule has 0 saturated heterocycles. The topological polar surface area (TPSA) is 37.8 Å². The summed E-state index contributed by atoms with van der Waals surface area (Å²) in [7, 11) is 1.80. The molecule has 0 fully saturated rings. The highest BCUT2D eigenvalue weighted by atomic mass is 35.5. The molecular formula is C16H13ClFN3. The van der Waals surface area contributed by atoms with Crippen molar-refractivity contribution >= 4 is 28.3 Å². The lowest BCUT2D eigenvalue weighted by molar-refractivity contribution is 0.627. The van der Waals surface area contributed by atoms with Crippen LogP contribution in [0.5, 0.6) is 0 Å². The van der Waals surface area contributed by atoms with E-state index >= 15 is 0 Å². The fourth-order valence-corrected chi connectivity index (χ4v) is 2.46. The molecule has 0 bridgehead atoms. The van der Waals surface area contributed by atoms with Crippen molar-refractivity contribution in [1.82, 2.24) is 9.97 Å². The van der Waals surface area contributed by atoms with Gasteiger partial charge < -0.3 is 5.32 Å². The molecule has 3 nitrogen and oxygen atoms in total. The van der Waals surface area contributed by atoms with Crippen molar-refractivity contribution in [2.24, 2.45) is 0 Å². The van der Waals surface area contributed by atoms with E-state index in [0.717, 1.165) is 27.8 Å². The molecule has 0 amide bonds. The number of aromatic nitrogens is 2. The fraction of sp³-hybridized carbons (Fsp3) is 0.125. The summed E-state index contributed by atoms with van der Waals surface area (Å²) in [5, 5.41) is 4.57. The lowest BCUT2D eigenvalue weighted by atomic mass is 10.1. The Morgan fingerprint density at radius 3 is 2.62 bits per heavy atom. The van der Waals surface area contributed by atoms with Crippen LogP contribution in [0.3, 0.4) is 0 Å². The van der Waals surface area contributed by atoms with Crippen LogP contribution in [0.1, 0.15) is 5.56 Å². The molecule has 5 heteroatoms. The Morgan fingerprint density at radius 2 is 1.90 bits per heavy atom. The SMILES string of the molecule is CNc1nc(-c2ccc(F)cc2C)nc2cc(Cl)ccc12. The first kappa shape index (κ1) is 13.8. The van der Waals surface area contributed by atoms with Crippen molar-refractivity contribution in [2.75, 3.05) is 12.4 Å². The van der Waals surface area contributed by atoms with Gasteiger partial charge in [-0.1, -0.05) is 11.6 Å². The number of halogens is 2. The van der Waals surface area contributed by atoms with Gasteiger partial charge in [-0.25, -0.2) is 14.4 Å². The van der Waals surface area contributed by atoms with Crippen LogP contribution in [0.25, 0.3) is 22.3 Å². The Kier molecular flexibility index (Phi) is 3.47. The van der Waals surface area contributed by atoms with Gasteiger partial charge in [0, 0.05) is 23.0 Å². The minimum Gasteiger partial charge on any atom is -0.373 e. The van der Waals surface area contributed by atoms with Gasteiger partial charge in [-0.15, -0.1) is 0 Å². The molecule has 0 radical (unpaired) electrons. The Labute approximate surface area is 126 Å². The molecule has 1 aromatic heterocycles. The maximum Gasteiger partial charge on any atom is 0.162 e. The lowest BCUT2D eigenvalue weighted by Crippen LogP contribution is -1.99. The molecule has 3 rings (SSSR count). The van der Waals surface area contributed by atoms with Crippen LogP contribution in [0.4, 0.5) is 10.2 Å². The molecule has 106 valence electrons. The molecule has 2 aromatic carbocycles. The summed E-state index contributed by atoms with van der Waals surface area (Å²) in [4.78, 5) is 9.07. The Hall–Kier alpha value is -2.20. The summed E-state index contributed by atoms with van der Waals surface area (Å²) < 4.78 is 13.2. The predicted molar refractivity (Wildman–Crippen MR) is 84.2 cm³/mol. The minimum atomic E-state index is -0.270. The first-order valence-electron chi connectivity index (χ1n) is 6.50. The van der Waals surface area contributed by atoms with Gasteiger partial charge in [-0.2, -0.15) is 0 Å². The van der Waals surface area contributed by atoms with Gasteiger partial charge in [0.15, 0.2) is 5.82 Å². The van der Waals surface area contributed by atoms with E-state index < -0.39 is 0 Å². The predicted octanol–water partition coefficient (Wildman–Crippen LogP) is 4.44. The molecule has 0 unspecified atom stereocenters. The Balaban J connectivity index is 2.27. The first-order chi connectivity index (χ1) is 10.1. The molecular weight excluding hydrogens is 289 g/mol. The van der Waals surface area contributed by atoms with Crippen LogP contribution in [0.15, 0.2) is 36.4 Å². The van der Waals surface area contributed by atoms with E-state index in [0.29, 0.717) is 10.8 Å². The Morgan fingerprint density at radius 1 is 1.10 bits per heavy atom. The second-order valence-electron chi connectivity index (χ2n) is 4.77. The van der Waals surface area contributed by atoms with Gasteiger partial charge in [0.25, 0.3) is 0 Å². The molecule has 0 saturated carbocycles. The highest BCUT2D eigenvalue weighted by Gasteiger charge is 2.11. The number of rotatable bonds is 2. The van der Waals surface area contributed by atoms with Crippen molar-refractivity contribution in [3.05, 3.63) is 52.8 Å². The average molecular weight is 302 g/mol. The van der Waals surface area contributed by atoms with Crippen LogP contribution < -0.4 is 5.32 Å². The second-order valence-corrected chi connectivity index (χ2v) is 5.20. The van der Waals surface area contributed by atoms with Crippen molar-refractivity contribution < 1.29 is 4.39 Å². The van der Waals surface area contributed by atoms with Crippen LogP contribution in [-0.2, 0) is 0 Å². The third-order valence-electron chi connectivity index (χ3n) is 3.33. The van der Waals surface area contributed by atoms with Crippen LogP contribution in [-0.4, -0.2) is 17.0 Å². The van der Waals surface area contributed by atoms with Crippen LogP contribution >= 0.6 is 11.6 Å². The van der Waals surface area contributed by atoms with E-state index in [4.69, 9.17) is 11.6 Å². The van der Waals surface area contributed by atoms with Gasteiger partial charge in [0.1, 0.15) is 11.6 Å². The maximum atomic E-state index is 13.2. The zero-order valence-corrected chi connectivity index (χ0v) is 12.4. The third-order valence-corrected chi connectivity index (χ3v) is 3.56. The molecule has 1 heterocycles. The van der Waals surface area contributed by atoms with E-state index in [1.54, 1.807) is 25.2 Å². The maximum absolute atomic E-state index is 13.2. The first-order valence-corrected chi connectivity index (χ1v) is 6.88. The van der Waals surface area contributed by atoms with Crippen molar-refractivity contribution in [2.45, 2.75) is 6.92 Å². The largest absolute Gasteiger partial charge is 0.373 e. The van der Waals surface area contributed by atoms with Crippen LogP contribution in [0.2, 0.25) is 5.02 Å². The number of benzene rings is 2. The van der Waals surface area contributed by atoms with E-state index in [1.807, 2.05) is 13.0 Å². The van der Waals surface area contributed by atoms with Crippen LogP contribution in [0, 0.1) is 12.7 Å². The number of aryl methyl sites for hydroxylation is 1. The smallest absolute Gasteiger partial charge is 0.162 e. The normalized spacial score (nSPS) is 10.9. The minimum absolute atomic E-state index is 0.270. The monoisotopic (exact) mass is 301 g/mol. The number of nitrogens with one attached hydrogen (secondary N) is 1. The summed E-state index contributed by atoms with van der Waals surface area (Å²) in [6.07, 6.45) is 0. The van der Waals surface area contributed by atoms with Crippen molar-refractivity contribution in [3.8, 4) is 11.4 Å². The summed E-state index contributed by atoms with van der Waals surface area (Å²) in [6.45, 7) is 1.84. The summed E-state index contributed by atoms with van der Waals surface area (Å²) in [6, 6.07) is 10.0. The van der Waals surface area contributed by atoms with Crippen molar-refractivity contribution in [3.63, 3.8) is 0 Å². The molecule has 3 aromatic rings. The number of hydrogen-bond acceptors (Lipinski definition) is 3. The van der Waals surface area contributed by atoms with Gasteiger partial charge in [0.05, 0.1) is 5.52 Å². The molecule has 0 spiro atoms. The zero-order chi connectivity index (χ0) is 15.0. The zero-order valence-electron chi connectivity index (χ0n) is 11.6. The van der Waals surface area contributed by atoms with Gasteiger partial charge >= 0.3 is 0 Å². The highest BCUT2D eigenvalue weighted by Crippen LogP contribution is 2.28. The average Bonchev–Trinajstić information content (AvgIpc) is 2.45. The fourth-order valence-electron chi connectivity index (χ4n) is 2.29. The Bertz CT molecular complexity index is 833. The number of nitrogens with zero attached hydrogens (tertiary/aromatic N) is 2. The number of fused-ring (bicyclic) bond motifs is 1. The summed E-state index contributed by atoms with van der Waals surface area (Å²) in [5.41, 5.74) is 2.34. The molecule has 0 aliphatic rings. The van der Waals surface area contributed by atoms with Gasteiger partial charge in [-0.3, -0.25) is 0 Å². The molecule has 0 aliphatic carbocycles. The number of hydrogen-bond donors (Lipinski definition) is 1. The quantitative estimate of drug-likeness (QED) is 0.760. The van der Waals surface area contributed by atoms with E-state index in [2.05, 4.69) is 15.3 Å². The molecule has 0 aliphatic heterocycles. The van der Waals surface area contributed by atoms with Gasteiger partial charge in [0.2, 0.25) is 0 Å². The third kappa shape index (κ3) is 2.54. The highest BCUT2D eigenvalue weighted by molar-refractivity contribution is 6.31. The second kappa shape index (κ2) is 5.30. The molecule has 0 atom stereocenters. The lowest BCUT2D eigenvalue weighted by Gasteiger charge is -2.10. The summed E-state index contributed by atoms with van der Waals surface area (Å²) in [5.74, 6) is 0.996. The van der Waals surface area contributed by atoms with E-state index in [1.165, 1.54) is 12.1 Å². The standard InChI is InChI=1S/C16H13ClFN3/c1-9-7-11(18)4-6-12(9)16-20-14-8-10(17)3-5-13(14)15(19-2)21-16/h3-8H,1-2H3,(H,19,20,21). The summed E-state index contributed by atoms with van der Waals surface area (Å²) >= 11 is 6.03. The van der Waals surface area contributed by atoms with E-state index in [-0.39, 0.29) is 5.82 Å². The van der Waals surface area contributed by atoms with E-state index in [9.17, 15) is 4.39 Å². The van der Waals surface area contributed by atoms with Crippen molar-refractivity contribution in [1.29, 1.82) is 0 Å². The number of anilines is 1.